The fraction of sp³-hybridized carbons (Fsp3) is 0.167. The lowest BCUT2D eigenvalue weighted by Gasteiger charge is -2.06. The van der Waals surface area contributed by atoms with E-state index >= 15 is 0 Å². The Morgan fingerprint density at radius 1 is 1.37 bits per heavy atom. The molecule has 0 aliphatic rings. The molecule has 0 amide bonds. The van der Waals surface area contributed by atoms with Crippen molar-refractivity contribution in [3.63, 3.8) is 0 Å². The quantitative estimate of drug-likeness (QED) is 0.528. The van der Waals surface area contributed by atoms with Crippen molar-refractivity contribution in [3.05, 3.63) is 57.0 Å². The van der Waals surface area contributed by atoms with Gasteiger partial charge in [0.15, 0.2) is 0 Å². The Bertz CT molecular complexity index is 601. The maximum absolute atomic E-state index is 10.9. The van der Waals surface area contributed by atoms with E-state index in [2.05, 4.69) is 15.3 Å². The number of nitro groups is 1. The molecule has 0 saturated heterocycles. The van der Waals surface area contributed by atoms with E-state index in [1.807, 2.05) is 19.1 Å². The van der Waals surface area contributed by atoms with Crippen LogP contribution in [0.15, 0.2) is 30.5 Å². The van der Waals surface area contributed by atoms with Crippen LogP contribution < -0.4 is 5.32 Å². The Kier molecular flexibility index (Phi) is 3.91. The van der Waals surface area contributed by atoms with Crippen LogP contribution in [0.1, 0.15) is 11.3 Å². The predicted octanol–water partition coefficient (Wildman–Crippen LogP) is 2.96. The van der Waals surface area contributed by atoms with Gasteiger partial charge in [-0.05, 0) is 24.6 Å². The minimum atomic E-state index is -0.501. The molecule has 2 heterocycles. The second kappa shape index (κ2) is 5.62. The lowest BCUT2D eigenvalue weighted by molar-refractivity contribution is -0.384. The van der Waals surface area contributed by atoms with Crippen LogP contribution in [0, 0.1) is 17.0 Å². The van der Waals surface area contributed by atoms with Gasteiger partial charge in [0.05, 0.1) is 4.92 Å². The molecule has 19 heavy (non-hydrogen) atoms. The first-order chi connectivity index (χ1) is 9.06. The Hall–Kier alpha value is -2.21. The lowest BCUT2D eigenvalue weighted by Crippen LogP contribution is -2.05. The maximum Gasteiger partial charge on any atom is 0.311 e. The molecule has 0 saturated carbocycles. The largest absolute Gasteiger partial charge is 0.360 e. The fourth-order valence-electron chi connectivity index (χ4n) is 1.49. The van der Waals surface area contributed by atoms with Crippen LogP contribution >= 0.6 is 11.6 Å². The third-order valence-corrected chi connectivity index (χ3v) is 2.68. The summed E-state index contributed by atoms with van der Waals surface area (Å²) in [4.78, 5) is 18.4. The summed E-state index contributed by atoms with van der Waals surface area (Å²) in [7, 11) is 0. The van der Waals surface area contributed by atoms with E-state index in [1.54, 1.807) is 6.20 Å². The molecule has 0 bridgehead atoms. The number of nitrogens with zero attached hydrogens (tertiary/aromatic N) is 3. The Morgan fingerprint density at radius 3 is 2.79 bits per heavy atom. The monoisotopic (exact) mass is 278 g/mol. The summed E-state index contributed by atoms with van der Waals surface area (Å²) in [6.07, 6.45) is 1.71. The molecule has 0 aromatic carbocycles. The van der Waals surface area contributed by atoms with E-state index in [4.69, 9.17) is 11.6 Å². The summed E-state index contributed by atoms with van der Waals surface area (Å²) in [6.45, 7) is 2.28. The van der Waals surface area contributed by atoms with Gasteiger partial charge < -0.3 is 5.32 Å². The lowest BCUT2D eigenvalue weighted by atomic mass is 10.2. The number of nitrogens with one attached hydrogen (secondary N) is 1. The molecule has 0 unspecified atom stereocenters. The van der Waals surface area contributed by atoms with E-state index in [1.165, 1.54) is 12.1 Å². The molecule has 2 aromatic heterocycles. The van der Waals surface area contributed by atoms with Gasteiger partial charge in [-0.15, -0.1) is 0 Å². The van der Waals surface area contributed by atoms with Crippen molar-refractivity contribution < 1.29 is 4.92 Å². The number of aromatic nitrogens is 2. The number of hydrogen-bond donors (Lipinski definition) is 1. The van der Waals surface area contributed by atoms with Gasteiger partial charge in [-0.25, -0.2) is 4.98 Å². The summed E-state index contributed by atoms with van der Waals surface area (Å²) in [5.41, 5.74) is 1.71. The molecular formula is C12H11ClN4O2. The second-order valence-electron chi connectivity index (χ2n) is 3.92. The van der Waals surface area contributed by atoms with Gasteiger partial charge in [-0.2, -0.15) is 0 Å². The number of anilines is 1. The van der Waals surface area contributed by atoms with Gasteiger partial charge in [0.1, 0.15) is 5.15 Å². The third kappa shape index (κ3) is 3.38. The number of aryl methyl sites for hydroxylation is 1. The molecule has 0 fully saturated rings. The summed E-state index contributed by atoms with van der Waals surface area (Å²) in [5, 5.41) is 14.0. The van der Waals surface area contributed by atoms with Gasteiger partial charge in [0.25, 0.3) is 0 Å². The first kappa shape index (κ1) is 13.2. The second-order valence-corrected chi connectivity index (χ2v) is 4.31. The molecule has 2 aromatic rings. The van der Waals surface area contributed by atoms with Crippen molar-refractivity contribution in [3.8, 4) is 0 Å². The molecule has 2 rings (SSSR count). The van der Waals surface area contributed by atoms with E-state index in [9.17, 15) is 10.1 Å². The highest BCUT2D eigenvalue weighted by molar-refractivity contribution is 6.29. The van der Waals surface area contributed by atoms with Crippen LogP contribution in [0.3, 0.4) is 0 Å². The van der Waals surface area contributed by atoms with Crippen molar-refractivity contribution in [1.82, 2.24) is 9.97 Å². The van der Waals surface area contributed by atoms with Gasteiger partial charge in [-0.1, -0.05) is 17.7 Å². The van der Waals surface area contributed by atoms with Crippen molar-refractivity contribution in [2.24, 2.45) is 0 Å². The molecule has 7 heteroatoms. The van der Waals surface area contributed by atoms with Crippen molar-refractivity contribution in [1.29, 1.82) is 0 Å². The minimum Gasteiger partial charge on any atom is -0.360 e. The van der Waals surface area contributed by atoms with Gasteiger partial charge in [-0.3, -0.25) is 15.1 Å². The Balaban J connectivity index is 2.16. The van der Waals surface area contributed by atoms with Crippen LogP contribution in [0.2, 0.25) is 5.15 Å². The maximum atomic E-state index is 10.9. The molecule has 6 nitrogen and oxygen atoms in total. The van der Waals surface area contributed by atoms with E-state index < -0.39 is 4.92 Å². The fourth-order valence-corrected chi connectivity index (χ4v) is 1.64. The Morgan fingerprint density at radius 2 is 2.16 bits per heavy atom. The summed E-state index contributed by atoms with van der Waals surface area (Å²) < 4.78 is 0. The Labute approximate surface area is 114 Å². The SMILES string of the molecule is Cc1ccc(CNc2nc(Cl)ccc2[N+](=O)[O-])cn1. The summed E-state index contributed by atoms with van der Waals surface area (Å²) in [6, 6.07) is 6.48. The zero-order chi connectivity index (χ0) is 13.8. The highest BCUT2D eigenvalue weighted by atomic mass is 35.5. The highest BCUT2D eigenvalue weighted by Gasteiger charge is 2.15. The van der Waals surface area contributed by atoms with Crippen molar-refractivity contribution in [2.75, 3.05) is 5.32 Å². The molecule has 0 atom stereocenters. The third-order valence-electron chi connectivity index (χ3n) is 2.47. The van der Waals surface area contributed by atoms with Crippen LogP contribution in [0.5, 0.6) is 0 Å². The van der Waals surface area contributed by atoms with Crippen molar-refractivity contribution >= 4 is 23.1 Å². The summed E-state index contributed by atoms with van der Waals surface area (Å²) in [5.74, 6) is 0.151. The van der Waals surface area contributed by atoms with E-state index in [0.29, 0.717) is 6.54 Å². The van der Waals surface area contributed by atoms with Gasteiger partial charge >= 0.3 is 5.69 Å². The topological polar surface area (TPSA) is 81.0 Å². The first-order valence-electron chi connectivity index (χ1n) is 5.52. The molecule has 98 valence electrons. The van der Waals surface area contributed by atoms with Crippen LogP contribution in [0.25, 0.3) is 0 Å². The number of halogens is 1. The number of rotatable bonds is 4. The molecule has 0 spiro atoms. The molecule has 0 aliphatic heterocycles. The minimum absolute atomic E-state index is 0.107. The number of hydrogen-bond acceptors (Lipinski definition) is 5. The van der Waals surface area contributed by atoms with Gasteiger partial charge in [0, 0.05) is 24.5 Å². The molecular weight excluding hydrogens is 268 g/mol. The van der Waals surface area contributed by atoms with Crippen LogP contribution in [-0.4, -0.2) is 14.9 Å². The van der Waals surface area contributed by atoms with Crippen LogP contribution in [0.4, 0.5) is 11.5 Å². The molecule has 0 aliphatic carbocycles. The molecule has 1 N–H and O–H groups in total. The average molecular weight is 279 g/mol. The highest BCUT2D eigenvalue weighted by Crippen LogP contribution is 2.24. The predicted molar refractivity (Wildman–Crippen MR) is 72.2 cm³/mol. The normalized spacial score (nSPS) is 10.2. The zero-order valence-electron chi connectivity index (χ0n) is 10.1. The van der Waals surface area contributed by atoms with Gasteiger partial charge in [0.2, 0.25) is 5.82 Å². The standard InChI is InChI=1S/C12H11ClN4O2/c1-8-2-3-9(6-14-8)7-15-12-10(17(18)19)4-5-11(13)16-12/h2-6H,7H2,1H3,(H,15,16). The number of pyridine rings is 2. The van der Waals surface area contributed by atoms with E-state index in [0.717, 1.165) is 11.3 Å². The van der Waals surface area contributed by atoms with Crippen molar-refractivity contribution in [2.45, 2.75) is 13.5 Å². The smallest absolute Gasteiger partial charge is 0.311 e. The van der Waals surface area contributed by atoms with E-state index in [-0.39, 0.29) is 16.7 Å². The summed E-state index contributed by atoms with van der Waals surface area (Å²) >= 11 is 5.74. The zero-order valence-corrected chi connectivity index (χ0v) is 10.9. The first-order valence-corrected chi connectivity index (χ1v) is 5.90. The molecule has 0 radical (unpaired) electrons. The average Bonchev–Trinajstić information content (AvgIpc) is 2.38. The van der Waals surface area contributed by atoms with Crippen LogP contribution in [-0.2, 0) is 6.54 Å².